The van der Waals surface area contributed by atoms with E-state index < -0.39 is 0 Å². The zero-order valence-corrected chi connectivity index (χ0v) is 14.6. The van der Waals surface area contributed by atoms with E-state index in [9.17, 15) is 9.90 Å². The molecule has 1 aromatic heterocycles. The third kappa shape index (κ3) is 3.65. The maximum absolute atomic E-state index is 12.5. The molecule has 1 unspecified atom stereocenters. The summed E-state index contributed by atoms with van der Waals surface area (Å²) < 4.78 is 10.7. The van der Waals surface area contributed by atoms with Crippen LogP contribution in [0.3, 0.4) is 0 Å². The largest absolute Gasteiger partial charge is 0.454 e. The van der Waals surface area contributed by atoms with Crippen molar-refractivity contribution in [2.75, 3.05) is 6.79 Å². The van der Waals surface area contributed by atoms with Gasteiger partial charge in [-0.15, -0.1) is 11.3 Å². The van der Waals surface area contributed by atoms with Crippen LogP contribution in [0, 0.1) is 5.92 Å². The van der Waals surface area contributed by atoms with Gasteiger partial charge in [-0.25, -0.2) is 0 Å². The first-order chi connectivity index (χ1) is 12.2. The van der Waals surface area contributed by atoms with Crippen LogP contribution in [0.25, 0.3) is 0 Å². The molecule has 1 saturated carbocycles. The molecule has 1 aromatic carbocycles. The van der Waals surface area contributed by atoms with E-state index in [1.807, 2.05) is 29.6 Å². The van der Waals surface area contributed by atoms with Gasteiger partial charge in [-0.1, -0.05) is 12.1 Å². The van der Waals surface area contributed by atoms with Gasteiger partial charge >= 0.3 is 0 Å². The lowest BCUT2D eigenvalue weighted by Crippen LogP contribution is -2.41. The Morgan fingerprint density at radius 1 is 1.28 bits per heavy atom. The number of aliphatic hydroxyl groups is 1. The van der Waals surface area contributed by atoms with E-state index in [0.717, 1.165) is 34.8 Å². The van der Waals surface area contributed by atoms with Crippen molar-refractivity contribution in [3.05, 3.63) is 46.2 Å². The first-order valence-corrected chi connectivity index (χ1v) is 9.46. The highest BCUT2D eigenvalue weighted by Crippen LogP contribution is 2.39. The SMILES string of the molecule is O=C(CCc1ccc2c(c1)OCO2)NC(c1cccs1)C1CC(O)C1. The van der Waals surface area contributed by atoms with Crippen molar-refractivity contribution < 1.29 is 19.4 Å². The fourth-order valence-electron chi connectivity index (χ4n) is 3.39. The highest BCUT2D eigenvalue weighted by atomic mass is 32.1. The monoisotopic (exact) mass is 359 g/mol. The van der Waals surface area contributed by atoms with Gasteiger partial charge in [0.05, 0.1) is 12.1 Å². The molecule has 4 rings (SSSR count). The molecular formula is C19H21NO4S. The van der Waals surface area contributed by atoms with Crippen molar-refractivity contribution in [1.29, 1.82) is 0 Å². The van der Waals surface area contributed by atoms with Gasteiger partial charge in [0, 0.05) is 11.3 Å². The first kappa shape index (κ1) is 16.4. The van der Waals surface area contributed by atoms with Crippen molar-refractivity contribution in [3.63, 3.8) is 0 Å². The molecule has 1 fully saturated rings. The average molecular weight is 359 g/mol. The number of aryl methyl sites for hydroxylation is 1. The van der Waals surface area contributed by atoms with Crippen LogP contribution in [0.4, 0.5) is 0 Å². The van der Waals surface area contributed by atoms with E-state index in [-0.39, 0.29) is 24.8 Å². The van der Waals surface area contributed by atoms with Crippen LogP contribution in [0.2, 0.25) is 0 Å². The molecule has 0 saturated heterocycles. The summed E-state index contributed by atoms with van der Waals surface area (Å²) in [6.07, 6.45) is 2.37. The van der Waals surface area contributed by atoms with E-state index in [1.165, 1.54) is 0 Å². The molecule has 0 radical (unpaired) electrons. The minimum Gasteiger partial charge on any atom is -0.454 e. The van der Waals surface area contributed by atoms with Crippen molar-refractivity contribution >= 4 is 17.2 Å². The molecule has 5 nitrogen and oxygen atoms in total. The molecule has 0 bridgehead atoms. The van der Waals surface area contributed by atoms with Crippen LogP contribution in [0.15, 0.2) is 35.7 Å². The second-order valence-electron chi connectivity index (χ2n) is 6.63. The van der Waals surface area contributed by atoms with Crippen LogP contribution in [0.5, 0.6) is 11.5 Å². The lowest BCUT2D eigenvalue weighted by molar-refractivity contribution is -0.123. The molecular weight excluding hydrogens is 338 g/mol. The predicted octanol–water partition coefficient (Wildman–Crippen LogP) is 3.04. The summed E-state index contributed by atoms with van der Waals surface area (Å²) >= 11 is 1.65. The third-order valence-electron chi connectivity index (χ3n) is 4.86. The summed E-state index contributed by atoms with van der Waals surface area (Å²) in [5.74, 6) is 1.87. The van der Waals surface area contributed by atoms with E-state index in [0.29, 0.717) is 18.8 Å². The molecule has 1 amide bonds. The Bertz CT molecular complexity index is 740. The number of rotatable bonds is 6. The highest BCUT2D eigenvalue weighted by Gasteiger charge is 2.36. The van der Waals surface area contributed by atoms with Crippen molar-refractivity contribution in [2.45, 2.75) is 37.8 Å². The van der Waals surface area contributed by atoms with Gasteiger partial charge in [0.25, 0.3) is 0 Å². The summed E-state index contributed by atoms with van der Waals surface area (Å²) in [5.41, 5.74) is 1.06. The molecule has 2 N–H and O–H groups in total. The molecule has 132 valence electrons. The Morgan fingerprint density at radius 3 is 2.88 bits per heavy atom. The van der Waals surface area contributed by atoms with Gasteiger partial charge in [-0.2, -0.15) is 0 Å². The fraction of sp³-hybridized carbons (Fsp3) is 0.421. The lowest BCUT2D eigenvalue weighted by atomic mass is 9.76. The quantitative estimate of drug-likeness (QED) is 0.832. The Balaban J connectivity index is 1.35. The summed E-state index contributed by atoms with van der Waals surface area (Å²) in [7, 11) is 0. The number of thiophene rings is 1. The lowest BCUT2D eigenvalue weighted by Gasteiger charge is -2.37. The number of nitrogens with one attached hydrogen (secondary N) is 1. The highest BCUT2D eigenvalue weighted by molar-refractivity contribution is 7.10. The number of amides is 1. The molecule has 1 atom stereocenters. The average Bonchev–Trinajstić information content (AvgIpc) is 3.26. The Morgan fingerprint density at radius 2 is 2.12 bits per heavy atom. The van der Waals surface area contributed by atoms with Crippen LogP contribution in [-0.2, 0) is 11.2 Å². The molecule has 2 heterocycles. The number of fused-ring (bicyclic) bond motifs is 1. The number of aliphatic hydroxyl groups excluding tert-OH is 1. The van der Waals surface area contributed by atoms with Crippen molar-refractivity contribution in [2.24, 2.45) is 5.92 Å². The minimum atomic E-state index is -0.224. The molecule has 1 aliphatic heterocycles. The van der Waals surface area contributed by atoms with Crippen LogP contribution in [-0.4, -0.2) is 23.9 Å². The van der Waals surface area contributed by atoms with Crippen molar-refractivity contribution in [1.82, 2.24) is 5.32 Å². The maximum Gasteiger partial charge on any atom is 0.231 e. The van der Waals surface area contributed by atoms with Gasteiger partial charge in [0.2, 0.25) is 12.7 Å². The topological polar surface area (TPSA) is 67.8 Å². The predicted molar refractivity (Wildman–Crippen MR) is 94.8 cm³/mol. The Labute approximate surface area is 150 Å². The zero-order valence-electron chi connectivity index (χ0n) is 13.8. The number of carbonyl (C=O) groups is 1. The molecule has 0 spiro atoms. The molecule has 2 aliphatic rings. The number of ether oxygens (including phenoxy) is 2. The summed E-state index contributed by atoms with van der Waals surface area (Å²) in [4.78, 5) is 13.6. The minimum absolute atomic E-state index is 0.00709. The van der Waals surface area contributed by atoms with Crippen LogP contribution >= 0.6 is 11.3 Å². The molecule has 6 heteroatoms. The smallest absolute Gasteiger partial charge is 0.231 e. The maximum atomic E-state index is 12.5. The standard InChI is InChI=1S/C19H21NO4S/c21-14-9-13(10-14)19(17-2-1-7-25-17)20-18(22)6-4-12-3-5-15-16(8-12)24-11-23-15/h1-3,5,7-8,13-14,19,21H,4,6,9-11H2,(H,20,22). The first-order valence-electron chi connectivity index (χ1n) is 8.58. The Hall–Kier alpha value is -2.05. The number of benzene rings is 1. The van der Waals surface area contributed by atoms with Gasteiger partial charge in [-0.05, 0) is 54.3 Å². The van der Waals surface area contributed by atoms with E-state index in [2.05, 4.69) is 11.4 Å². The van der Waals surface area contributed by atoms with E-state index in [1.54, 1.807) is 11.3 Å². The third-order valence-corrected chi connectivity index (χ3v) is 5.82. The number of hydrogen-bond acceptors (Lipinski definition) is 5. The van der Waals surface area contributed by atoms with Crippen LogP contribution < -0.4 is 14.8 Å². The van der Waals surface area contributed by atoms with Crippen LogP contribution in [0.1, 0.15) is 35.7 Å². The number of carbonyl (C=O) groups excluding carboxylic acids is 1. The van der Waals surface area contributed by atoms with Gasteiger partial charge in [0.15, 0.2) is 11.5 Å². The zero-order chi connectivity index (χ0) is 17.2. The molecule has 25 heavy (non-hydrogen) atoms. The van der Waals surface area contributed by atoms with Gasteiger partial charge in [0.1, 0.15) is 0 Å². The number of hydrogen-bond donors (Lipinski definition) is 2. The van der Waals surface area contributed by atoms with Crippen molar-refractivity contribution in [3.8, 4) is 11.5 Å². The molecule has 2 aromatic rings. The van der Waals surface area contributed by atoms with Gasteiger partial charge < -0.3 is 19.9 Å². The second-order valence-corrected chi connectivity index (χ2v) is 7.61. The fourth-order valence-corrected chi connectivity index (χ4v) is 4.26. The Kier molecular flexibility index (Phi) is 4.63. The molecule has 1 aliphatic carbocycles. The summed E-state index contributed by atoms with van der Waals surface area (Å²) in [6.45, 7) is 0.259. The van der Waals surface area contributed by atoms with E-state index in [4.69, 9.17) is 9.47 Å². The van der Waals surface area contributed by atoms with Gasteiger partial charge in [-0.3, -0.25) is 4.79 Å². The normalized spacial score (nSPS) is 22.3. The summed E-state index contributed by atoms with van der Waals surface area (Å²) in [6, 6.07) is 9.86. The second kappa shape index (κ2) is 7.06. The summed E-state index contributed by atoms with van der Waals surface area (Å²) in [5, 5.41) is 14.8. The van der Waals surface area contributed by atoms with E-state index >= 15 is 0 Å².